The number of hydrogen-bond acceptors (Lipinski definition) is 6. The van der Waals surface area contributed by atoms with E-state index in [-0.39, 0.29) is 23.7 Å². The van der Waals surface area contributed by atoms with E-state index in [0.29, 0.717) is 5.69 Å². The zero-order chi connectivity index (χ0) is 25.7. The van der Waals surface area contributed by atoms with E-state index >= 15 is 0 Å². The minimum Gasteiger partial charge on any atom is -0.392 e. The molecule has 3 unspecified atom stereocenters. The predicted molar refractivity (Wildman–Crippen MR) is 142 cm³/mol. The summed E-state index contributed by atoms with van der Waals surface area (Å²) in [6.07, 6.45) is 3.78. The van der Waals surface area contributed by atoms with E-state index in [4.69, 9.17) is 9.47 Å². The van der Waals surface area contributed by atoms with Gasteiger partial charge in [0.25, 0.3) is 10.0 Å². The highest BCUT2D eigenvalue weighted by Gasteiger charge is 2.33. The first-order valence-electron chi connectivity index (χ1n) is 12.9. The Morgan fingerprint density at radius 1 is 0.838 bits per heavy atom. The van der Waals surface area contributed by atoms with Gasteiger partial charge in [-0.1, -0.05) is 61.0 Å². The zero-order valence-electron chi connectivity index (χ0n) is 20.8. The van der Waals surface area contributed by atoms with Gasteiger partial charge in [0.05, 0.1) is 23.7 Å². The van der Waals surface area contributed by atoms with Crippen LogP contribution in [0.3, 0.4) is 0 Å². The van der Waals surface area contributed by atoms with Gasteiger partial charge in [0.1, 0.15) is 0 Å². The molecule has 8 heteroatoms. The molecule has 37 heavy (non-hydrogen) atoms. The molecule has 7 nitrogen and oxygen atoms in total. The third-order valence-corrected chi connectivity index (χ3v) is 8.41. The second-order valence-corrected chi connectivity index (χ2v) is 11.4. The highest BCUT2D eigenvalue weighted by Crippen LogP contribution is 2.38. The van der Waals surface area contributed by atoms with Crippen LogP contribution in [-0.2, 0) is 26.1 Å². The molecule has 3 aromatic carbocycles. The van der Waals surface area contributed by atoms with Crippen molar-refractivity contribution in [2.75, 3.05) is 24.4 Å². The maximum atomic E-state index is 12.7. The number of rotatable bonds is 8. The van der Waals surface area contributed by atoms with E-state index in [1.807, 2.05) is 36.4 Å². The monoisotopic (exact) mass is 522 g/mol. The maximum absolute atomic E-state index is 12.7. The van der Waals surface area contributed by atoms with Gasteiger partial charge in [0, 0.05) is 24.2 Å². The van der Waals surface area contributed by atoms with Gasteiger partial charge in [0.15, 0.2) is 6.29 Å². The summed E-state index contributed by atoms with van der Waals surface area (Å²) >= 11 is 0. The van der Waals surface area contributed by atoms with Crippen LogP contribution in [0.1, 0.15) is 54.8 Å². The van der Waals surface area contributed by atoms with Gasteiger partial charge < -0.3 is 19.5 Å². The Hall–Kier alpha value is -2.75. The third kappa shape index (κ3) is 6.58. The summed E-state index contributed by atoms with van der Waals surface area (Å²) in [5.41, 5.74) is 3.24. The van der Waals surface area contributed by atoms with Crippen LogP contribution < -0.4 is 4.72 Å². The lowest BCUT2D eigenvalue weighted by Gasteiger charge is -2.39. The molecule has 2 aliphatic heterocycles. The lowest BCUT2D eigenvalue weighted by Crippen LogP contribution is -2.41. The minimum atomic E-state index is -3.66. The molecule has 5 rings (SSSR count). The molecule has 196 valence electrons. The van der Waals surface area contributed by atoms with E-state index in [2.05, 4.69) is 9.62 Å². The van der Waals surface area contributed by atoms with Crippen molar-refractivity contribution < 1.29 is 23.0 Å². The van der Waals surface area contributed by atoms with Crippen molar-refractivity contribution in [3.8, 4) is 0 Å². The fourth-order valence-corrected chi connectivity index (χ4v) is 6.06. The molecule has 2 N–H and O–H groups in total. The smallest absolute Gasteiger partial charge is 0.261 e. The number of sulfonamides is 1. The minimum absolute atomic E-state index is 0.00943. The Labute approximate surface area is 219 Å². The molecule has 0 amide bonds. The molecular formula is C29H34N2O5S. The number of nitrogens with one attached hydrogen (secondary N) is 1. The number of ether oxygens (including phenoxy) is 2. The van der Waals surface area contributed by atoms with E-state index in [0.717, 1.165) is 42.7 Å². The normalized spacial score (nSPS) is 23.0. The Morgan fingerprint density at radius 3 is 2.19 bits per heavy atom. The van der Waals surface area contributed by atoms with Crippen molar-refractivity contribution in [1.29, 1.82) is 0 Å². The van der Waals surface area contributed by atoms with E-state index in [1.165, 1.54) is 19.3 Å². The van der Waals surface area contributed by atoms with Crippen LogP contribution in [-0.4, -0.2) is 44.2 Å². The molecule has 0 aromatic heterocycles. The van der Waals surface area contributed by atoms with Crippen LogP contribution in [0.2, 0.25) is 0 Å². The highest BCUT2D eigenvalue weighted by molar-refractivity contribution is 7.92. The molecule has 0 bridgehead atoms. The van der Waals surface area contributed by atoms with Crippen molar-refractivity contribution in [3.63, 3.8) is 0 Å². The number of aliphatic hydroxyl groups is 1. The van der Waals surface area contributed by atoms with Crippen molar-refractivity contribution in [3.05, 3.63) is 95.6 Å². The van der Waals surface area contributed by atoms with Gasteiger partial charge in [-0.3, -0.25) is 4.72 Å². The number of hydrogen-bond donors (Lipinski definition) is 2. The lowest BCUT2D eigenvalue weighted by molar-refractivity contribution is -0.253. The molecule has 0 spiro atoms. The summed E-state index contributed by atoms with van der Waals surface area (Å²) in [5, 5.41) is 9.41. The maximum Gasteiger partial charge on any atom is 0.261 e. The summed E-state index contributed by atoms with van der Waals surface area (Å²) in [6, 6.07) is 23.4. The predicted octanol–water partition coefficient (Wildman–Crippen LogP) is 5.01. The average Bonchev–Trinajstić information content (AvgIpc) is 2.94. The van der Waals surface area contributed by atoms with Crippen molar-refractivity contribution >= 4 is 15.7 Å². The van der Waals surface area contributed by atoms with E-state index in [1.54, 1.807) is 42.5 Å². The first-order valence-corrected chi connectivity index (χ1v) is 14.4. The van der Waals surface area contributed by atoms with E-state index in [9.17, 15) is 13.5 Å². The van der Waals surface area contributed by atoms with Crippen LogP contribution in [0.15, 0.2) is 83.8 Å². The first-order chi connectivity index (χ1) is 18.0. The van der Waals surface area contributed by atoms with Crippen LogP contribution in [0.4, 0.5) is 5.69 Å². The SMILES string of the molecule is O=S(=O)(Nc1ccc(C2OC(CN3CCCCC3)CC(c3ccc(CO)cc3)O2)cc1)c1ccccc1. The van der Waals surface area contributed by atoms with Gasteiger partial charge in [-0.2, -0.15) is 0 Å². The van der Waals surface area contributed by atoms with Gasteiger partial charge in [-0.25, -0.2) is 8.42 Å². The highest BCUT2D eigenvalue weighted by atomic mass is 32.2. The van der Waals surface area contributed by atoms with E-state index < -0.39 is 16.3 Å². The second kappa shape index (κ2) is 11.8. The van der Waals surface area contributed by atoms with Crippen LogP contribution in [0.25, 0.3) is 0 Å². The van der Waals surface area contributed by atoms with Crippen molar-refractivity contribution in [1.82, 2.24) is 4.90 Å². The standard InChI is InChI=1S/C29H34N2O5S/c32-21-22-9-11-23(12-10-22)28-19-26(20-31-17-5-2-6-18-31)35-29(36-28)24-13-15-25(16-14-24)30-37(33,34)27-7-3-1-4-8-27/h1,3-4,7-16,26,28-30,32H,2,5-6,17-21H2. The summed E-state index contributed by atoms with van der Waals surface area (Å²) in [5.74, 6) is 0. The average molecular weight is 523 g/mol. The first kappa shape index (κ1) is 25.9. The molecule has 0 radical (unpaired) electrons. The number of aliphatic hydroxyl groups excluding tert-OH is 1. The second-order valence-electron chi connectivity index (χ2n) is 9.75. The molecule has 2 aliphatic rings. The number of anilines is 1. The molecule has 3 atom stereocenters. The van der Waals surface area contributed by atoms with Crippen LogP contribution in [0.5, 0.6) is 0 Å². The van der Waals surface area contributed by atoms with Gasteiger partial charge in [-0.05, 0) is 61.3 Å². The summed E-state index contributed by atoms with van der Waals surface area (Å²) in [6.45, 7) is 3.06. The fourth-order valence-electron chi connectivity index (χ4n) is 4.98. The quantitative estimate of drug-likeness (QED) is 0.432. The molecule has 3 aromatic rings. The Kier molecular flexibility index (Phi) is 8.22. The molecule has 0 saturated carbocycles. The Morgan fingerprint density at radius 2 is 1.51 bits per heavy atom. The Bertz CT molecular complexity index is 1240. The van der Waals surface area contributed by atoms with Crippen LogP contribution >= 0.6 is 0 Å². The summed E-state index contributed by atoms with van der Waals surface area (Å²) < 4.78 is 40.9. The fraction of sp³-hybridized carbons (Fsp3) is 0.379. The molecular weight excluding hydrogens is 488 g/mol. The van der Waals surface area contributed by atoms with Crippen molar-refractivity contribution in [2.24, 2.45) is 0 Å². The molecule has 2 fully saturated rings. The van der Waals surface area contributed by atoms with Gasteiger partial charge in [0.2, 0.25) is 0 Å². The largest absolute Gasteiger partial charge is 0.392 e. The van der Waals surface area contributed by atoms with Crippen LogP contribution in [0, 0.1) is 0 Å². The lowest BCUT2D eigenvalue weighted by atomic mass is 9.99. The number of piperidine rings is 1. The summed E-state index contributed by atoms with van der Waals surface area (Å²) in [4.78, 5) is 2.69. The third-order valence-electron chi connectivity index (χ3n) is 7.01. The van der Waals surface area contributed by atoms with Gasteiger partial charge in [-0.15, -0.1) is 0 Å². The topological polar surface area (TPSA) is 88.1 Å². The number of likely N-dealkylation sites (tertiary alicyclic amines) is 1. The molecule has 2 heterocycles. The Balaban J connectivity index is 1.33. The van der Waals surface area contributed by atoms with Gasteiger partial charge >= 0.3 is 0 Å². The number of benzene rings is 3. The molecule has 2 saturated heterocycles. The number of nitrogens with zero attached hydrogens (tertiary/aromatic N) is 1. The zero-order valence-corrected chi connectivity index (χ0v) is 21.6. The molecule has 0 aliphatic carbocycles. The summed E-state index contributed by atoms with van der Waals surface area (Å²) in [7, 11) is -3.66. The van der Waals surface area contributed by atoms with Crippen molar-refractivity contribution in [2.45, 2.75) is 55.7 Å².